The van der Waals surface area contributed by atoms with E-state index in [-0.39, 0.29) is 0 Å². The standard InChI is InChI=1S/C24H20/c1-2-8-18-16(6-1)14-17-13-12-15-7-5-11-20-19-9-3-4-10-21(19)24(18)23(17)22(15)20/h1-2,5-8,11-14,19-20H,3-4,9-10H2. The third-order valence-corrected chi connectivity index (χ3v) is 6.44. The average Bonchev–Trinajstić information content (AvgIpc) is 2.66. The Labute approximate surface area is 141 Å². The number of rotatable bonds is 0. The highest BCUT2D eigenvalue weighted by Crippen LogP contribution is 2.45. The number of fused-ring (bicyclic) bond motifs is 4. The molecule has 116 valence electrons. The highest BCUT2D eigenvalue weighted by molar-refractivity contribution is 6.03. The van der Waals surface area contributed by atoms with Crippen LogP contribution in [0, 0.1) is 5.92 Å². The second-order valence-electron chi connectivity index (χ2n) is 7.59. The molecule has 24 heavy (non-hydrogen) atoms. The fourth-order valence-electron chi connectivity index (χ4n) is 5.50. The summed E-state index contributed by atoms with van der Waals surface area (Å²) < 4.78 is 0. The van der Waals surface area contributed by atoms with Gasteiger partial charge in [0.05, 0.1) is 0 Å². The molecule has 0 heteroatoms. The topological polar surface area (TPSA) is 0 Å². The van der Waals surface area contributed by atoms with Crippen LogP contribution in [0.3, 0.4) is 0 Å². The summed E-state index contributed by atoms with van der Waals surface area (Å²) in [5.74, 6) is 1.31. The Balaban J connectivity index is 1.96. The van der Waals surface area contributed by atoms with Crippen LogP contribution in [0.5, 0.6) is 0 Å². The molecule has 2 unspecified atom stereocenters. The Hall–Kier alpha value is -2.34. The van der Waals surface area contributed by atoms with Crippen LogP contribution in [-0.2, 0) is 0 Å². The van der Waals surface area contributed by atoms with E-state index in [0.717, 1.165) is 0 Å². The summed E-state index contributed by atoms with van der Waals surface area (Å²) >= 11 is 0. The summed E-state index contributed by atoms with van der Waals surface area (Å²) in [6.07, 6.45) is 12.4. The maximum atomic E-state index is 2.47. The first-order chi connectivity index (χ1) is 11.9. The minimum Gasteiger partial charge on any atom is -0.0763 e. The van der Waals surface area contributed by atoms with Crippen molar-refractivity contribution in [1.82, 2.24) is 0 Å². The molecule has 6 rings (SSSR count). The van der Waals surface area contributed by atoms with Gasteiger partial charge < -0.3 is 0 Å². The van der Waals surface area contributed by atoms with E-state index in [1.165, 1.54) is 47.1 Å². The van der Waals surface area contributed by atoms with E-state index in [1.807, 2.05) is 0 Å². The lowest BCUT2D eigenvalue weighted by atomic mass is 9.66. The molecule has 0 aliphatic heterocycles. The Kier molecular flexibility index (Phi) is 2.49. The molecule has 0 N–H and O–H groups in total. The van der Waals surface area contributed by atoms with Crippen molar-refractivity contribution in [2.75, 3.05) is 0 Å². The first-order valence-corrected chi connectivity index (χ1v) is 9.28. The first-order valence-electron chi connectivity index (χ1n) is 9.28. The molecular weight excluding hydrogens is 288 g/mol. The van der Waals surface area contributed by atoms with Crippen LogP contribution < -0.4 is 10.4 Å². The molecule has 0 aromatic heterocycles. The number of allylic oxidation sites excluding steroid dienone is 2. The Morgan fingerprint density at radius 2 is 1.88 bits per heavy atom. The zero-order valence-corrected chi connectivity index (χ0v) is 13.8. The first kappa shape index (κ1) is 13.0. The summed E-state index contributed by atoms with van der Waals surface area (Å²) in [7, 11) is 0. The van der Waals surface area contributed by atoms with Gasteiger partial charge in [-0.25, -0.2) is 0 Å². The monoisotopic (exact) mass is 308 g/mol. The quantitative estimate of drug-likeness (QED) is 0.524. The minimum absolute atomic E-state index is 0.595. The van der Waals surface area contributed by atoms with Gasteiger partial charge in [0, 0.05) is 5.92 Å². The molecule has 0 radical (unpaired) electrons. The van der Waals surface area contributed by atoms with Crippen molar-refractivity contribution in [3.8, 4) is 0 Å². The van der Waals surface area contributed by atoms with Gasteiger partial charge in [0.2, 0.25) is 0 Å². The van der Waals surface area contributed by atoms with Gasteiger partial charge in [-0.15, -0.1) is 0 Å². The van der Waals surface area contributed by atoms with E-state index in [4.69, 9.17) is 0 Å². The Morgan fingerprint density at radius 3 is 2.88 bits per heavy atom. The summed E-state index contributed by atoms with van der Waals surface area (Å²) in [4.78, 5) is 0. The number of hydrogen-bond acceptors (Lipinski definition) is 0. The average molecular weight is 308 g/mol. The molecule has 1 fully saturated rings. The molecule has 3 aliphatic carbocycles. The fourth-order valence-corrected chi connectivity index (χ4v) is 5.50. The zero-order chi connectivity index (χ0) is 15.7. The van der Waals surface area contributed by atoms with Crippen molar-refractivity contribution in [2.24, 2.45) is 5.92 Å². The van der Waals surface area contributed by atoms with Crippen molar-refractivity contribution in [2.45, 2.75) is 31.6 Å². The highest BCUT2D eigenvalue weighted by atomic mass is 14.4. The van der Waals surface area contributed by atoms with Gasteiger partial charge in [-0.1, -0.05) is 66.6 Å². The van der Waals surface area contributed by atoms with Crippen molar-refractivity contribution in [1.29, 1.82) is 0 Å². The van der Waals surface area contributed by atoms with Crippen LogP contribution in [0.2, 0.25) is 0 Å². The molecular formula is C24H20. The molecule has 3 aliphatic rings. The van der Waals surface area contributed by atoms with Crippen molar-refractivity contribution in [3.63, 3.8) is 0 Å². The molecule has 0 spiro atoms. The van der Waals surface area contributed by atoms with Crippen LogP contribution in [0.15, 0.2) is 54.6 Å². The molecule has 1 saturated carbocycles. The third kappa shape index (κ3) is 1.54. The maximum absolute atomic E-state index is 2.47. The van der Waals surface area contributed by atoms with E-state index in [2.05, 4.69) is 60.7 Å². The van der Waals surface area contributed by atoms with Crippen molar-refractivity contribution >= 4 is 33.2 Å². The van der Waals surface area contributed by atoms with Gasteiger partial charge >= 0.3 is 0 Å². The van der Waals surface area contributed by atoms with E-state index in [0.29, 0.717) is 11.8 Å². The molecule has 0 amide bonds. The van der Waals surface area contributed by atoms with Crippen LogP contribution in [0.4, 0.5) is 0 Å². The summed E-state index contributed by atoms with van der Waals surface area (Å²) in [5.41, 5.74) is 3.34. The van der Waals surface area contributed by atoms with Gasteiger partial charge in [0.1, 0.15) is 0 Å². The lowest BCUT2D eigenvalue weighted by molar-refractivity contribution is 0.463. The molecule has 2 atom stereocenters. The molecule has 3 aromatic rings. The normalized spacial score (nSPS) is 24.1. The van der Waals surface area contributed by atoms with Crippen LogP contribution in [-0.4, -0.2) is 0 Å². The van der Waals surface area contributed by atoms with E-state index in [1.54, 1.807) is 21.7 Å². The van der Waals surface area contributed by atoms with Gasteiger partial charge in [-0.2, -0.15) is 0 Å². The second-order valence-corrected chi connectivity index (χ2v) is 7.59. The molecule has 0 heterocycles. The van der Waals surface area contributed by atoms with Crippen LogP contribution >= 0.6 is 0 Å². The van der Waals surface area contributed by atoms with E-state index in [9.17, 15) is 0 Å². The highest BCUT2D eigenvalue weighted by Gasteiger charge is 2.34. The Morgan fingerprint density at radius 1 is 0.917 bits per heavy atom. The molecule has 3 aromatic carbocycles. The number of benzene rings is 3. The molecule has 0 nitrogen and oxygen atoms in total. The van der Waals surface area contributed by atoms with E-state index >= 15 is 0 Å². The van der Waals surface area contributed by atoms with Gasteiger partial charge in [0.25, 0.3) is 0 Å². The van der Waals surface area contributed by atoms with Gasteiger partial charge in [-0.05, 0) is 68.8 Å². The minimum atomic E-state index is 0.595. The fraction of sp³-hybridized carbons (Fsp3) is 0.250. The predicted molar refractivity (Wildman–Crippen MR) is 102 cm³/mol. The lowest BCUT2D eigenvalue weighted by Crippen LogP contribution is -2.33. The Bertz CT molecular complexity index is 1160. The van der Waals surface area contributed by atoms with Gasteiger partial charge in [0.15, 0.2) is 0 Å². The number of hydrogen-bond donors (Lipinski definition) is 0. The molecule has 0 bridgehead atoms. The smallest absolute Gasteiger partial charge is 0.00992 e. The van der Waals surface area contributed by atoms with Crippen molar-refractivity contribution < 1.29 is 0 Å². The van der Waals surface area contributed by atoms with E-state index < -0.39 is 0 Å². The summed E-state index contributed by atoms with van der Waals surface area (Å²) in [5, 5.41) is 8.86. The van der Waals surface area contributed by atoms with Gasteiger partial charge in [-0.3, -0.25) is 0 Å². The predicted octanol–water partition coefficient (Wildman–Crippen LogP) is 4.78. The van der Waals surface area contributed by atoms with Crippen LogP contribution in [0.25, 0.3) is 33.2 Å². The summed E-state index contributed by atoms with van der Waals surface area (Å²) in [6, 6.07) is 16.1. The summed E-state index contributed by atoms with van der Waals surface area (Å²) in [6.45, 7) is 0. The van der Waals surface area contributed by atoms with Crippen LogP contribution in [0.1, 0.15) is 37.2 Å². The second kappa shape index (κ2) is 4.60. The molecule has 0 saturated heterocycles. The SMILES string of the molecule is C1=CC2c3c(ccc4cc5ccccc5c(c34)=C3CCCCC32)=C1. The zero-order valence-electron chi connectivity index (χ0n) is 13.8. The third-order valence-electron chi connectivity index (χ3n) is 6.44. The lowest BCUT2D eigenvalue weighted by Gasteiger charge is -2.37. The maximum Gasteiger partial charge on any atom is 0.00992 e. The largest absolute Gasteiger partial charge is 0.0763 e. The van der Waals surface area contributed by atoms with Crippen molar-refractivity contribution in [3.05, 3.63) is 70.6 Å².